The van der Waals surface area contributed by atoms with Crippen molar-refractivity contribution < 1.29 is 14.7 Å². The Balaban J connectivity index is 2.63. The topological polar surface area (TPSA) is 66.4 Å². The minimum atomic E-state index is -0.910. The van der Waals surface area contributed by atoms with Gasteiger partial charge in [-0.05, 0) is 44.0 Å². The molecule has 0 aromatic heterocycles. The van der Waals surface area contributed by atoms with E-state index in [9.17, 15) is 9.59 Å². The second-order valence-corrected chi connectivity index (χ2v) is 5.65. The van der Waals surface area contributed by atoms with Crippen molar-refractivity contribution >= 4 is 27.8 Å². The fraction of sp³-hybridized carbons (Fsp3) is 0.429. The molecule has 0 saturated heterocycles. The average Bonchev–Trinajstić information content (AvgIpc) is 2.31. The van der Waals surface area contributed by atoms with E-state index in [0.29, 0.717) is 0 Å². The summed E-state index contributed by atoms with van der Waals surface area (Å²) in [5, 5.41) is 11.6. The molecule has 0 aliphatic carbocycles. The molecular weight excluding hydrogens is 310 g/mol. The first kappa shape index (κ1) is 15.7. The molecule has 5 heteroatoms. The van der Waals surface area contributed by atoms with Crippen LogP contribution in [0.5, 0.6) is 0 Å². The first-order valence-corrected chi connectivity index (χ1v) is 6.87. The van der Waals surface area contributed by atoms with Crippen LogP contribution in [0.2, 0.25) is 0 Å². The summed E-state index contributed by atoms with van der Waals surface area (Å²) in [6, 6.07) is 5.34. The molecule has 0 bridgehead atoms. The molecule has 1 aromatic rings. The third-order valence-corrected chi connectivity index (χ3v) is 3.68. The average molecular weight is 328 g/mol. The molecule has 2 atom stereocenters. The Kier molecular flexibility index (Phi) is 5.54. The van der Waals surface area contributed by atoms with Gasteiger partial charge in [0, 0.05) is 10.5 Å². The van der Waals surface area contributed by atoms with Crippen LogP contribution in [0, 0.1) is 12.8 Å². The second kappa shape index (κ2) is 6.70. The van der Waals surface area contributed by atoms with Gasteiger partial charge in [-0.2, -0.15) is 0 Å². The Bertz CT molecular complexity index is 488. The summed E-state index contributed by atoms with van der Waals surface area (Å²) in [5.41, 5.74) is 1.97. The zero-order chi connectivity index (χ0) is 14.6. The molecule has 0 aliphatic rings. The highest BCUT2D eigenvalue weighted by molar-refractivity contribution is 9.10. The summed E-state index contributed by atoms with van der Waals surface area (Å²) in [5.74, 6) is -1.67. The number of carbonyl (C=O) groups excluding carboxylic acids is 1. The van der Waals surface area contributed by atoms with Gasteiger partial charge in [0.25, 0.3) is 0 Å². The van der Waals surface area contributed by atoms with Gasteiger partial charge in [0.2, 0.25) is 5.91 Å². The molecule has 0 radical (unpaired) electrons. The maximum Gasteiger partial charge on any atom is 0.308 e. The molecule has 4 nitrogen and oxygen atoms in total. The zero-order valence-corrected chi connectivity index (χ0v) is 12.8. The van der Waals surface area contributed by atoms with E-state index in [-0.39, 0.29) is 18.4 Å². The van der Waals surface area contributed by atoms with E-state index < -0.39 is 11.9 Å². The number of aliphatic carboxylic acids is 1. The fourth-order valence-electron chi connectivity index (χ4n) is 1.67. The van der Waals surface area contributed by atoms with Gasteiger partial charge in [0.1, 0.15) is 0 Å². The van der Waals surface area contributed by atoms with E-state index in [0.717, 1.165) is 15.6 Å². The van der Waals surface area contributed by atoms with Gasteiger partial charge in [-0.15, -0.1) is 0 Å². The maximum atomic E-state index is 11.9. The highest BCUT2D eigenvalue weighted by Gasteiger charge is 2.21. The van der Waals surface area contributed by atoms with E-state index in [4.69, 9.17) is 5.11 Å². The molecule has 104 valence electrons. The van der Waals surface area contributed by atoms with Crippen molar-refractivity contribution in [3.63, 3.8) is 0 Å². The molecule has 0 spiro atoms. The molecule has 0 saturated carbocycles. The number of rotatable bonds is 5. The monoisotopic (exact) mass is 327 g/mol. The largest absolute Gasteiger partial charge is 0.481 e. The normalized spacial score (nSPS) is 13.7. The standard InChI is InChI=1S/C14H18BrNO3/c1-8-6-12(15)5-4-11(8)7-13(17)16-10(3)9(2)14(18)19/h4-6,9-10H,7H2,1-3H3,(H,16,17)(H,18,19). The minimum absolute atomic E-state index is 0.161. The quantitative estimate of drug-likeness (QED) is 0.873. The Morgan fingerprint density at radius 2 is 2.00 bits per heavy atom. The smallest absolute Gasteiger partial charge is 0.308 e. The molecule has 1 amide bonds. The van der Waals surface area contributed by atoms with Gasteiger partial charge >= 0.3 is 5.97 Å². The number of hydrogen-bond donors (Lipinski definition) is 2. The van der Waals surface area contributed by atoms with E-state index in [2.05, 4.69) is 21.2 Å². The number of carboxylic acids is 1. The van der Waals surface area contributed by atoms with Crippen LogP contribution >= 0.6 is 15.9 Å². The van der Waals surface area contributed by atoms with Gasteiger partial charge < -0.3 is 10.4 Å². The summed E-state index contributed by atoms with van der Waals surface area (Å²) in [4.78, 5) is 22.7. The lowest BCUT2D eigenvalue weighted by Gasteiger charge is -2.18. The lowest BCUT2D eigenvalue weighted by Crippen LogP contribution is -2.40. The van der Waals surface area contributed by atoms with Gasteiger partial charge in [-0.3, -0.25) is 9.59 Å². The van der Waals surface area contributed by atoms with Crippen molar-refractivity contribution in [1.82, 2.24) is 5.32 Å². The van der Waals surface area contributed by atoms with Crippen LogP contribution in [0.15, 0.2) is 22.7 Å². The Morgan fingerprint density at radius 3 is 2.53 bits per heavy atom. The van der Waals surface area contributed by atoms with Crippen LogP contribution in [0.3, 0.4) is 0 Å². The van der Waals surface area contributed by atoms with E-state index in [1.165, 1.54) is 0 Å². The summed E-state index contributed by atoms with van der Waals surface area (Å²) in [7, 11) is 0. The van der Waals surface area contributed by atoms with Gasteiger partial charge in [0.15, 0.2) is 0 Å². The predicted octanol–water partition coefficient (Wildman–Crippen LogP) is 2.53. The lowest BCUT2D eigenvalue weighted by atomic mass is 10.0. The van der Waals surface area contributed by atoms with Crippen LogP contribution < -0.4 is 5.32 Å². The number of amides is 1. The summed E-state index contributed by atoms with van der Waals surface area (Å²) in [6.07, 6.45) is 0.260. The summed E-state index contributed by atoms with van der Waals surface area (Å²) in [6.45, 7) is 5.22. The Morgan fingerprint density at radius 1 is 1.37 bits per heavy atom. The zero-order valence-electron chi connectivity index (χ0n) is 11.2. The van der Waals surface area contributed by atoms with Gasteiger partial charge in [-0.1, -0.05) is 22.0 Å². The van der Waals surface area contributed by atoms with Crippen molar-refractivity contribution in [1.29, 1.82) is 0 Å². The number of carbonyl (C=O) groups is 2. The Hall–Kier alpha value is -1.36. The van der Waals surface area contributed by atoms with Gasteiger partial charge in [0.05, 0.1) is 12.3 Å². The van der Waals surface area contributed by atoms with Crippen molar-refractivity contribution in [3.05, 3.63) is 33.8 Å². The number of carboxylic acid groups (broad SMARTS) is 1. The number of halogens is 1. The molecule has 1 rings (SSSR count). The van der Waals surface area contributed by atoms with Crippen LogP contribution in [-0.4, -0.2) is 23.0 Å². The predicted molar refractivity (Wildman–Crippen MR) is 77.0 cm³/mol. The van der Waals surface area contributed by atoms with Crippen molar-refractivity contribution in [3.8, 4) is 0 Å². The van der Waals surface area contributed by atoms with Crippen LogP contribution in [0.4, 0.5) is 0 Å². The Labute approximate surface area is 121 Å². The molecule has 0 heterocycles. The van der Waals surface area contributed by atoms with E-state index in [1.54, 1.807) is 13.8 Å². The maximum absolute atomic E-state index is 11.9. The fourth-order valence-corrected chi connectivity index (χ4v) is 2.15. The second-order valence-electron chi connectivity index (χ2n) is 4.73. The van der Waals surface area contributed by atoms with Crippen molar-refractivity contribution in [2.24, 2.45) is 5.92 Å². The SMILES string of the molecule is Cc1cc(Br)ccc1CC(=O)NC(C)C(C)C(=O)O. The number of hydrogen-bond acceptors (Lipinski definition) is 2. The minimum Gasteiger partial charge on any atom is -0.481 e. The first-order chi connectivity index (χ1) is 8.81. The molecule has 0 aliphatic heterocycles. The summed E-state index contributed by atoms with van der Waals surface area (Å²) < 4.78 is 0.974. The highest BCUT2D eigenvalue weighted by atomic mass is 79.9. The molecule has 2 N–H and O–H groups in total. The molecule has 2 unspecified atom stereocenters. The number of benzene rings is 1. The van der Waals surface area contributed by atoms with Crippen LogP contribution in [0.1, 0.15) is 25.0 Å². The molecule has 19 heavy (non-hydrogen) atoms. The van der Waals surface area contributed by atoms with E-state index in [1.807, 2.05) is 25.1 Å². The first-order valence-electron chi connectivity index (χ1n) is 6.08. The molecule has 0 fully saturated rings. The molecular formula is C14H18BrNO3. The third kappa shape index (κ3) is 4.67. The highest BCUT2D eigenvalue weighted by Crippen LogP contribution is 2.16. The van der Waals surface area contributed by atoms with E-state index >= 15 is 0 Å². The van der Waals surface area contributed by atoms with Crippen LogP contribution in [0.25, 0.3) is 0 Å². The van der Waals surface area contributed by atoms with Crippen molar-refractivity contribution in [2.75, 3.05) is 0 Å². The molecule has 1 aromatic carbocycles. The van der Waals surface area contributed by atoms with Crippen molar-refractivity contribution in [2.45, 2.75) is 33.2 Å². The number of nitrogens with one attached hydrogen (secondary N) is 1. The third-order valence-electron chi connectivity index (χ3n) is 3.18. The van der Waals surface area contributed by atoms with Crippen LogP contribution in [-0.2, 0) is 16.0 Å². The lowest BCUT2D eigenvalue weighted by molar-refractivity contribution is -0.142. The summed E-state index contributed by atoms with van der Waals surface area (Å²) >= 11 is 3.37. The van der Waals surface area contributed by atoms with Gasteiger partial charge in [-0.25, -0.2) is 0 Å². The number of aryl methyl sites for hydroxylation is 1.